The molecule has 0 saturated carbocycles. The summed E-state index contributed by atoms with van der Waals surface area (Å²) in [6.45, 7) is -0.213. The highest BCUT2D eigenvalue weighted by Gasteiger charge is 2.43. The van der Waals surface area contributed by atoms with Gasteiger partial charge in [0.15, 0.2) is 11.4 Å². The zero-order valence-corrected chi connectivity index (χ0v) is 15.3. The van der Waals surface area contributed by atoms with Crippen LogP contribution in [0.15, 0.2) is 24.3 Å². The summed E-state index contributed by atoms with van der Waals surface area (Å²) in [5, 5.41) is 6.82. The van der Waals surface area contributed by atoms with Gasteiger partial charge in [-0.05, 0) is 24.3 Å². The third-order valence-corrected chi connectivity index (χ3v) is 5.51. The van der Waals surface area contributed by atoms with Crippen molar-refractivity contribution in [3.05, 3.63) is 41.5 Å². The highest BCUT2D eigenvalue weighted by Crippen LogP contribution is 2.33. The third kappa shape index (κ3) is 3.99. The summed E-state index contributed by atoms with van der Waals surface area (Å²) in [5.41, 5.74) is -2.39. The van der Waals surface area contributed by atoms with Gasteiger partial charge < -0.3 is 4.90 Å². The molecule has 8 nitrogen and oxygen atoms in total. The van der Waals surface area contributed by atoms with Crippen molar-refractivity contribution in [2.45, 2.75) is 6.18 Å². The van der Waals surface area contributed by atoms with Gasteiger partial charge in [0.05, 0.1) is 11.9 Å². The Labute approximate surface area is 157 Å². The Kier molecular flexibility index (Phi) is 5.14. The molecule has 0 unspecified atom stereocenters. The standard InChI is InChI=1S/C15H15F4N5O3S/c1-28(26,27)23-8-6-22(7-9-23)14(25)12-13(15(17,18)19)24(21-20-12)11-4-2-10(16)3-5-11/h2-5H,6-9H2,1H3. The van der Waals surface area contributed by atoms with Gasteiger partial charge in [-0.3, -0.25) is 4.79 Å². The molecule has 152 valence electrons. The minimum absolute atomic E-state index is 0.0297. The van der Waals surface area contributed by atoms with E-state index in [2.05, 4.69) is 10.3 Å². The fourth-order valence-electron chi connectivity index (χ4n) is 2.82. The first-order chi connectivity index (χ1) is 13.0. The van der Waals surface area contributed by atoms with Gasteiger partial charge in [0, 0.05) is 26.2 Å². The number of piperazine rings is 1. The summed E-state index contributed by atoms with van der Waals surface area (Å²) in [6.07, 6.45) is -3.93. The van der Waals surface area contributed by atoms with E-state index in [0.29, 0.717) is 4.68 Å². The predicted octanol–water partition coefficient (Wildman–Crippen LogP) is 1.14. The van der Waals surface area contributed by atoms with Crippen LogP contribution in [0.5, 0.6) is 0 Å². The van der Waals surface area contributed by atoms with E-state index < -0.39 is 39.3 Å². The first-order valence-corrected chi connectivity index (χ1v) is 9.86. The van der Waals surface area contributed by atoms with Gasteiger partial charge in [0.2, 0.25) is 10.0 Å². The van der Waals surface area contributed by atoms with Crippen molar-refractivity contribution < 1.29 is 30.8 Å². The lowest BCUT2D eigenvalue weighted by molar-refractivity contribution is -0.143. The zero-order chi connectivity index (χ0) is 20.7. The summed E-state index contributed by atoms with van der Waals surface area (Å²) in [5.74, 6) is -1.65. The molecule has 1 aliphatic heterocycles. The van der Waals surface area contributed by atoms with Crippen molar-refractivity contribution in [1.29, 1.82) is 0 Å². The third-order valence-electron chi connectivity index (χ3n) is 4.21. The molecule has 0 radical (unpaired) electrons. The first kappa shape index (κ1) is 20.2. The predicted molar refractivity (Wildman–Crippen MR) is 88.6 cm³/mol. The summed E-state index contributed by atoms with van der Waals surface area (Å²) in [4.78, 5) is 13.7. The number of halogens is 4. The van der Waals surface area contributed by atoms with E-state index in [0.717, 1.165) is 39.7 Å². The van der Waals surface area contributed by atoms with E-state index >= 15 is 0 Å². The molecule has 13 heteroatoms. The smallest absolute Gasteiger partial charge is 0.335 e. The van der Waals surface area contributed by atoms with Gasteiger partial charge in [0.25, 0.3) is 5.91 Å². The molecular formula is C15H15F4N5O3S. The molecule has 2 aromatic rings. The molecule has 1 amide bonds. The van der Waals surface area contributed by atoms with E-state index in [1.807, 2.05) is 0 Å². The van der Waals surface area contributed by atoms with Crippen molar-refractivity contribution in [2.24, 2.45) is 0 Å². The molecule has 0 bridgehead atoms. The van der Waals surface area contributed by atoms with Crippen LogP contribution in [0.25, 0.3) is 5.69 Å². The molecule has 1 aliphatic rings. The van der Waals surface area contributed by atoms with Crippen molar-refractivity contribution in [3.63, 3.8) is 0 Å². The van der Waals surface area contributed by atoms with E-state index in [1.165, 1.54) is 0 Å². The molecule has 3 rings (SSSR count). The van der Waals surface area contributed by atoms with Crippen LogP contribution in [-0.4, -0.2) is 71.0 Å². The summed E-state index contributed by atoms with van der Waals surface area (Å²) in [7, 11) is -3.45. The molecular weight excluding hydrogens is 406 g/mol. The van der Waals surface area contributed by atoms with Crippen molar-refractivity contribution in [3.8, 4) is 5.69 Å². The van der Waals surface area contributed by atoms with Crippen LogP contribution in [0.3, 0.4) is 0 Å². The summed E-state index contributed by atoms with van der Waals surface area (Å²) >= 11 is 0. The fourth-order valence-corrected chi connectivity index (χ4v) is 3.64. The van der Waals surface area contributed by atoms with Gasteiger partial charge in [-0.1, -0.05) is 5.21 Å². The Morgan fingerprint density at radius 2 is 1.64 bits per heavy atom. The number of sulfonamides is 1. The number of benzene rings is 1. The Balaban J connectivity index is 1.92. The SMILES string of the molecule is CS(=O)(=O)N1CCN(C(=O)c2nnn(-c3ccc(F)cc3)c2C(F)(F)F)CC1. The monoisotopic (exact) mass is 421 g/mol. The second-order valence-electron chi connectivity index (χ2n) is 6.13. The Morgan fingerprint density at radius 1 is 1.07 bits per heavy atom. The van der Waals surface area contributed by atoms with E-state index in [4.69, 9.17) is 0 Å². The normalized spacial score (nSPS) is 16.4. The number of alkyl halides is 3. The van der Waals surface area contributed by atoms with Crippen molar-refractivity contribution in [2.75, 3.05) is 32.4 Å². The second-order valence-corrected chi connectivity index (χ2v) is 8.11. The maximum Gasteiger partial charge on any atom is 0.435 e. The van der Waals surface area contributed by atoms with Gasteiger partial charge in [-0.15, -0.1) is 5.10 Å². The van der Waals surface area contributed by atoms with Crippen molar-refractivity contribution in [1.82, 2.24) is 24.2 Å². The first-order valence-electron chi connectivity index (χ1n) is 8.01. The molecule has 0 atom stereocenters. The molecule has 28 heavy (non-hydrogen) atoms. The van der Waals surface area contributed by atoms with Crippen LogP contribution in [0.4, 0.5) is 17.6 Å². The van der Waals surface area contributed by atoms with Crippen LogP contribution in [-0.2, 0) is 16.2 Å². The van der Waals surface area contributed by atoms with Crippen molar-refractivity contribution >= 4 is 15.9 Å². The minimum atomic E-state index is -4.95. The number of carbonyl (C=O) groups excluding carboxylic acids is 1. The highest BCUT2D eigenvalue weighted by atomic mass is 32.2. The molecule has 1 fully saturated rings. The maximum atomic E-state index is 13.6. The molecule has 0 spiro atoms. The lowest BCUT2D eigenvalue weighted by Gasteiger charge is -2.32. The fraction of sp³-hybridized carbons (Fsp3) is 0.400. The molecule has 1 aromatic heterocycles. The van der Waals surface area contributed by atoms with Gasteiger partial charge in [-0.2, -0.15) is 17.5 Å². The molecule has 2 heterocycles. The number of amides is 1. The number of rotatable bonds is 3. The van der Waals surface area contributed by atoms with Gasteiger partial charge in [0.1, 0.15) is 5.82 Å². The Morgan fingerprint density at radius 3 is 2.14 bits per heavy atom. The van der Waals surface area contributed by atoms with E-state index in [-0.39, 0.29) is 31.9 Å². The number of hydrogen-bond donors (Lipinski definition) is 0. The zero-order valence-electron chi connectivity index (χ0n) is 14.5. The minimum Gasteiger partial charge on any atom is -0.335 e. The lowest BCUT2D eigenvalue weighted by Crippen LogP contribution is -2.50. The molecule has 1 saturated heterocycles. The number of carbonyl (C=O) groups is 1. The quantitative estimate of drug-likeness (QED) is 0.694. The number of nitrogens with zero attached hydrogens (tertiary/aromatic N) is 5. The van der Waals surface area contributed by atoms with E-state index in [9.17, 15) is 30.8 Å². The average Bonchev–Trinajstić information content (AvgIpc) is 3.06. The van der Waals surface area contributed by atoms with Crippen LogP contribution in [0.1, 0.15) is 16.2 Å². The summed E-state index contributed by atoms with van der Waals surface area (Å²) in [6, 6.07) is 4.09. The largest absolute Gasteiger partial charge is 0.435 e. The molecule has 0 N–H and O–H groups in total. The number of hydrogen-bond acceptors (Lipinski definition) is 5. The number of aromatic nitrogens is 3. The van der Waals surface area contributed by atoms with Crippen LogP contribution in [0, 0.1) is 5.82 Å². The highest BCUT2D eigenvalue weighted by molar-refractivity contribution is 7.88. The van der Waals surface area contributed by atoms with Gasteiger partial charge >= 0.3 is 6.18 Å². The van der Waals surface area contributed by atoms with Crippen LogP contribution in [0.2, 0.25) is 0 Å². The Hall–Kier alpha value is -2.54. The average molecular weight is 421 g/mol. The van der Waals surface area contributed by atoms with Crippen LogP contribution < -0.4 is 0 Å². The topological polar surface area (TPSA) is 88.4 Å². The maximum absolute atomic E-state index is 13.6. The molecule has 1 aromatic carbocycles. The second kappa shape index (κ2) is 7.13. The van der Waals surface area contributed by atoms with E-state index in [1.54, 1.807) is 0 Å². The lowest BCUT2D eigenvalue weighted by atomic mass is 10.2. The van der Waals surface area contributed by atoms with Crippen LogP contribution >= 0.6 is 0 Å². The van der Waals surface area contributed by atoms with Gasteiger partial charge in [-0.25, -0.2) is 17.5 Å². The summed E-state index contributed by atoms with van der Waals surface area (Å²) < 4.78 is 78.5. The Bertz CT molecular complexity index is 980. The molecule has 0 aliphatic carbocycles.